The van der Waals surface area contributed by atoms with Crippen molar-refractivity contribution in [2.24, 2.45) is 0 Å². The highest BCUT2D eigenvalue weighted by atomic mass is 32.2. The number of nitrogens with one attached hydrogen (secondary N) is 1. The van der Waals surface area contributed by atoms with Crippen molar-refractivity contribution in [3.63, 3.8) is 0 Å². The van der Waals surface area contributed by atoms with E-state index < -0.39 is 10.0 Å². The van der Waals surface area contributed by atoms with Crippen molar-refractivity contribution in [3.8, 4) is 11.8 Å². The summed E-state index contributed by atoms with van der Waals surface area (Å²) in [6, 6.07) is 5.68. The summed E-state index contributed by atoms with van der Waals surface area (Å²) >= 11 is 0. The maximum Gasteiger partial charge on any atom is 0.229 e. The molecule has 0 unspecified atom stereocenters. The molecule has 0 aliphatic rings. The lowest BCUT2D eigenvalue weighted by molar-refractivity contribution is 0.474. The number of benzene rings is 1. The number of nitrogens with zero attached hydrogens (tertiary/aromatic N) is 1. The quantitative estimate of drug-likeness (QED) is 0.752. The average Bonchev–Trinajstić information content (AvgIpc) is 2.01. The van der Waals surface area contributed by atoms with E-state index in [4.69, 9.17) is 5.26 Å². The van der Waals surface area contributed by atoms with Crippen LogP contribution in [0.25, 0.3) is 0 Å². The average molecular weight is 212 g/mol. The van der Waals surface area contributed by atoms with E-state index in [9.17, 15) is 13.5 Å². The highest BCUT2D eigenvalue weighted by Crippen LogP contribution is 2.21. The van der Waals surface area contributed by atoms with Gasteiger partial charge in [-0.2, -0.15) is 5.26 Å². The molecule has 0 aliphatic heterocycles. The lowest BCUT2D eigenvalue weighted by Gasteiger charge is -2.04. The maximum atomic E-state index is 10.8. The van der Waals surface area contributed by atoms with Crippen LogP contribution in [0.2, 0.25) is 0 Å². The van der Waals surface area contributed by atoms with Crippen LogP contribution < -0.4 is 4.72 Å². The predicted molar refractivity (Wildman–Crippen MR) is 51.3 cm³/mol. The Kier molecular flexibility index (Phi) is 2.63. The van der Waals surface area contributed by atoms with Crippen molar-refractivity contribution in [2.45, 2.75) is 0 Å². The van der Waals surface area contributed by atoms with Crippen LogP contribution in [0.4, 0.5) is 5.69 Å². The Bertz CT molecular complexity index is 488. The van der Waals surface area contributed by atoms with Gasteiger partial charge < -0.3 is 5.11 Å². The number of anilines is 1. The summed E-state index contributed by atoms with van der Waals surface area (Å²) in [7, 11) is -3.36. The second-order valence-electron chi connectivity index (χ2n) is 2.72. The number of phenols is 1. The van der Waals surface area contributed by atoms with E-state index in [-0.39, 0.29) is 17.0 Å². The molecule has 0 heterocycles. The molecule has 0 spiro atoms. The molecule has 0 saturated carbocycles. The second kappa shape index (κ2) is 3.55. The van der Waals surface area contributed by atoms with E-state index in [1.54, 1.807) is 6.07 Å². The van der Waals surface area contributed by atoms with Crippen LogP contribution in [0.5, 0.6) is 5.75 Å². The summed E-state index contributed by atoms with van der Waals surface area (Å²) in [6.45, 7) is 0. The second-order valence-corrected chi connectivity index (χ2v) is 4.47. The van der Waals surface area contributed by atoms with E-state index in [0.717, 1.165) is 6.26 Å². The standard InChI is InChI=1S/C8H8N2O3S/c1-14(12,13)10-7-3-2-6(5-9)8(11)4-7/h2-4,10-11H,1H3. The van der Waals surface area contributed by atoms with Crippen molar-refractivity contribution < 1.29 is 13.5 Å². The summed E-state index contributed by atoms with van der Waals surface area (Å²) in [5.41, 5.74) is 0.327. The Morgan fingerprint density at radius 1 is 1.50 bits per heavy atom. The van der Waals surface area contributed by atoms with Crippen LogP contribution in [0.3, 0.4) is 0 Å². The summed E-state index contributed by atoms with van der Waals surface area (Å²) in [5, 5.41) is 17.7. The Morgan fingerprint density at radius 2 is 2.14 bits per heavy atom. The lowest BCUT2D eigenvalue weighted by atomic mass is 10.2. The zero-order valence-corrected chi connectivity index (χ0v) is 8.17. The van der Waals surface area contributed by atoms with E-state index in [1.165, 1.54) is 18.2 Å². The molecular weight excluding hydrogens is 204 g/mol. The zero-order valence-electron chi connectivity index (χ0n) is 7.35. The molecule has 0 aliphatic carbocycles. The first-order valence-electron chi connectivity index (χ1n) is 3.63. The molecule has 6 heteroatoms. The number of aromatic hydroxyl groups is 1. The molecule has 0 amide bonds. The van der Waals surface area contributed by atoms with Crippen molar-refractivity contribution in [3.05, 3.63) is 23.8 Å². The number of rotatable bonds is 2. The fourth-order valence-corrected chi connectivity index (χ4v) is 1.46. The van der Waals surface area contributed by atoms with E-state index in [2.05, 4.69) is 4.72 Å². The number of sulfonamides is 1. The summed E-state index contributed by atoms with van der Waals surface area (Å²) < 4.78 is 23.8. The van der Waals surface area contributed by atoms with Gasteiger partial charge in [0, 0.05) is 6.07 Å². The fraction of sp³-hybridized carbons (Fsp3) is 0.125. The van der Waals surface area contributed by atoms with Gasteiger partial charge in [0.2, 0.25) is 10.0 Å². The summed E-state index contributed by atoms with van der Waals surface area (Å²) in [6.07, 6.45) is 1.00. The van der Waals surface area contributed by atoms with Gasteiger partial charge in [0.1, 0.15) is 11.8 Å². The van der Waals surface area contributed by atoms with Gasteiger partial charge >= 0.3 is 0 Å². The highest BCUT2D eigenvalue weighted by Gasteiger charge is 2.05. The smallest absolute Gasteiger partial charge is 0.229 e. The molecule has 0 saturated heterocycles. The molecule has 5 nitrogen and oxygen atoms in total. The van der Waals surface area contributed by atoms with Gasteiger partial charge in [-0.25, -0.2) is 8.42 Å². The molecule has 0 aromatic heterocycles. The largest absolute Gasteiger partial charge is 0.506 e. The van der Waals surface area contributed by atoms with Crippen LogP contribution in [-0.4, -0.2) is 19.8 Å². The molecule has 0 atom stereocenters. The monoisotopic (exact) mass is 212 g/mol. The molecule has 1 aromatic carbocycles. The molecule has 0 radical (unpaired) electrons. The Hall–Kier alpha value is -1.74. The molecular formula is C8H8N2O3S. The lowest BCUT2D eigenvalue weighted by Crippen LogP contribution is -2.09. The van der Waals surface area contributed by atoms with Crippen LogP contribution >= 0.6 is 0 Å². The first-order valence-corrected chi connectivity index (χ1v) is 5.52. The Labute approximate surface area is 81.7 Å². The molecule has 0 fully saturated rings. The van der Waals surface area contributed by atoms with Crippen molar-refractivity contribution >= 4 is 15.7 Å². The Balaban J connectivity index is 3.06. The van der Waals surface area contributed by atoms with Gasteiger partial charge in [-0.05, 0) is 12.1 Å². The van der Waals surface area contributed by atoms with Crippen molar-refractivity contribution in [1.82, 2.24) is 0 Å². The van der Waals surface area contributed by atoms with Crippen molar-refractivity contribution in [1.29, 1.82) is 5.26 Å². The summed E-state index contributed by atoms with van der Waals surface area (Å²) in [4.78, 5) is 0. The van der Waals surface area contributed by atoms with Gasteiger partial charge in [0.05, 0.1) is 17.5 Å². The third-order valence-corrected chi connectivity index (χ3v) is 2.03. The van der Waals surface area contributed by atoms with Gasteiger partial charge in [0.15, 0.2) is 0 Å². The minimum Gasteiger partial charge on any atom is -0.506 e. The van der Waals surface area contributed by atoms with E-state index in [1.807, 2.05) is 0 Å². The SMILES string of the molecule is CS(=O)(=O)Nc1ccc(C#N)c(O)c1. The number of phenolic OH excluding ortho intramolecular Hbond substituents is 1. The zero-order chi connectivity index (χ0) is 10.8. The van der Waals surface area contributed by atoms with Gasteiger partial charge in [-0.1, -0.05) is 0 Å². The first kappa shape index (κ1) is 10.3. The minimum atomic E-state index is -3.36. The number of hydrogen-bond donors (Lipinski definition) is 2. The number of nitriles is 1. The predicted octanol–water partition coefficient (Wildman–Crippen LogP) is 0.635. The molecule has 1 aromatic rings. The van der Waals surface area contributed by atoms with Gasteiger partial charge in [-0.15, -0.1) is 0 Å². The normalized spacial score (nSPS) is 10.6. The fourth-order valence-electron chi connectivity index (χ4n) is 0.904. The Morgan fingerprint density at radius 3 is 2.57 bits per heavy atom. The molecule has 14 heavy (non-hydrogen) atoms. The highest BCUT2D eigenvalue weighted by molar-refractivity contribution is 7.92. The molecule has 2 N–H and O–H groups in total. The van der Waals surface area contributed by atoms with E-state index in [0.29, 0.717) is 0 Å². The maximum absolute atomic E-state index is 10.8. The third kappa shape index (κ3) is 2.64. The first-order chi connectivity index (χ1) is 6.42. The topological polar surface area (TPSA) is 90.2 Å². The molecule has 1 rings (SSSR count). The molecule has 0 bridgehead atoms. The number of hydrogen-bond acceptors (Lipinski definition) is 4. The summed E-state index contributed by atoms with van der Waals surface area (Å²) in [5.74, 6) is -0.249. The van der Waals surface area contributed by atoms with Gasteiger partial charge in [0.25, 0.3) is 0 Å². The van der Waals surface area contributed by atoms with Crippen LogP contribution in [-0.2, 0) is 10.0 Å². The minimum absolute atomic E-state index is 0.101. The van der Waals surface area contributed by atoms with Crippen molar-refractivity contribution in [2.75, 3.05) is 11.0 Å². The van der Waals surface area contributed by atoms with E-state index >= 15 is 0 Å². The van der Waals surface area contributed by atoms with Crippen LogP contribution in [0.1, 0.15) is 5.56 Å². The third-order valence-electron chi connectivity index (χ3n) is 1.42. The van der Waals surface area contributed by atoms with Gasteiger partial charge in [-0.3, -0.25) is 4.72 Å². The van der Waals surface area contributed by atoms with Crippen LogP contribution in [0.15, 0.2) is 18.2 Å². The molecule has 74 valence electrons. The van der Waals surface area contributed by atoms with Crippen LogP contribution in [0, 0.1) is 11.3 Å².